The van der Waals surface area contributed by atoms with E-state index in [9.17, 15) is 104 Å². The van der Waals surface area contributed by atoms with Gasteiger partial charge in [0.2, 0.25) is 11.8 Å². The van der Waals surface area contributed by atoms with Crippen molar-refractivity contribution in [2.45, 2.75) is 50.2 Å². The maximum absolute atomic E-state index is 13.4. The van der Waals surface area contributed by atoms with E-state index < -0.39 is 255 Å². The Bertz CT molecular complexity index is 5390. The number of aromatic hydroxyl groups is 1. The van der Waals surface area contributed by atoms with Crippen LogP contribution in [0.2, 0.25) is 0 Å². The standard InChI is InChI=1S/C50H53Cl2N11O28S9/c51-15-21-92(67,68)19-1-3-46(64)54-37-26-41(43(96(75,76)77)28-39(37)58-56-30-5-9-32(10-6-30)94(71,72)23-17-90-99(84,85)86)60-62-48-35-25-45(98(81,82)83)49(50(66)34(35)13-14-36(48)53)63-61-42-27-38(55-47(65)4-2-20-93(69,70)22-16-52)40(29-44(42)97(78,79)80)59-57-31-7-11-33(12-8-31)95(73,74)24-18-91-100(87,88)89/h5-14,25-29,66H,1-4,15-24,53H2,(H,54,64)(H,55,65)(H,75,76,77)(H,78,79,80)(H,81,82,83)(H,84,85,86)(H,87,88,89). The summed E-state index contributed by atoms with van der Waals surface area (Å²) in [6.07, 6.45) is -1.66. The molecular weight excluding hydrogens is 1560 g/mol. The summed E-state index contributed by atoms with van der Waals surface area (Å²) in [6, 6.07) is 13.3. The maximum Gasteiger partial charge on any atom is 0.397 e. The van der Waals surface area contributed by atoms with E-state index in [0.717, 1.165) is 66.7 Å². The van der Waals surface area contributed by atoms with Gasteiger partial charge in [-0.2, -0.15) is 52.3 Å². The molecule has 0 aliphatic heterocycles. The molecule has 0 saturated heterocycles. The monoisotopic (exact) mass is 1610 g/mol. The highest BCUT2D eigenvalue weighted by Crippen LogP contribution is 2.48. The van der Waals surface area contributed by atoms with Crippen molar-refractivity contribution >= 4 is 199 Å². The van der Waals surface area contributed by atoms with Crippen LogP contribution in [0.1, 0.15) is 25.7 Å². The molecule has 0 aliphatic carbocycles. The molecule has 0 unspecified atom stereocenters. The minimum Gasteiger partial charge on any atom is -0.505 e. The Kier molecular flexibility index (Phi) is 26.8. The third-order valence-electron chi connectivity index (χ3n) is 12.9. The zero-order valence-corrected chi connectivity index (χ0v) is 59.2. The first-order valence-corrected chi connectivity index (χ1v) is 42.3. The number of alkyl halides is 2. The van der Waals surface area contributed by atoms with E-state index in [1.54, 1.807) is 0 Å². The second-order valence-electron chi connectivity index (χ2n) is 20.2. The lowest BCUT2D eigenvalue weighted by atomic mass is 10.1. The summed E-state index contributed by atoms with van der Waals surface area (Å²) in [5.74, 6) is -7.45. The number of nitrogens with one attached hydrogen (secondary N) is 2. The summed E-state index contributed by atoms with van der Waals surface area (Å²) < 4.78 is 280. The Morgan fingerprint density at radius 3 is 1.15 bits per heavy atom. The molecule has 0 aromatic heterocycles. The van der Waals surface area contributed by atoms with E-state index in [1.165, 1.54) is 0 Å². The lowest BCUT2D eigenvalue weighted by Crippen LogP contribution is -2.16. The summed E-state index contributed by atoms with van der Waals surface area (Å²) in [5.41, 5.74) is -0.563. The van der Waals surface area contributed by atoms with Crippen LogP contribution in [0, 0.1) is 0 Å². The van der Waals surface area contributed by atoms with Gasteiger partial charge in [-0.15, -0.1) is 53.9 Å². The number of hydrogen-bond donors (Lipinski definition) is 9. The number of rotatable bonds is 35. The Morgan fingerprint density at radius 2 is 0.790 bits per heavy atom. The summed E-state index contributed by atoms with van der Waals surface area (Å²) in [5, 5.41) is 46.3. The number of sulfone groups is 4. The van der Waals surface area contributed by atoms with Crippen LogP contribution < -0.4 is 16.4 Å². The zero-order chi connectivity index (χ0) is 74.6. The van der Waals surface area contributed by atoms with Crippen molar-refractivity contribution in [2.24, 2.45) is 40.9 Å². The molecule has 2 amide bonds. The van der Waals surface area contributed by atoms with Crippen LogP contribution in [0.15, 0.2) is 156 Å². The van der Waals surface area contributed by atoms with Gasteiger partial charge in [0.1, 0.15) is 48.8 Å². The molecule has 100 heavy (non-hydrogen) atoms. The molecule has 6 rings (SSSR count). The number of phenols is 1. The fourth-order valence-corrected chi connectivity index (χ4v) is 16.6. The second kappa shape index (κ2) is 33.0. The highest BCUT2D eigenvalue weighted by Gasteiger charge is 2.28. The number of nitrogen functional groups attached to an aromatic ring is 1. The van der Waals surface area contributed by atoms with Crippen LogP contribution in [-0.4, -0.2) is 175 Å². The molecule has 0 heterocycles. The molecule has 0 fully saturated rings. The molecule has 0 saturated carbocycles. The molecule has 39 nitrogen and oxygen atoms in total. The molecule has 10 N–H and O–H groups in total. The number of benzene rings is 6. The van der Waals surface area contributed by atoms with Crippen LogP contribution >= 0.6 is 23.2 Å². The Labute approximate surface area is 579 Å². The fraction of sp³-hybridized carbons (Fsp3) is 0.280. The molecule has 0 bridgehead atoms. The van der Waals surface area contributed by atoms with E-state index in [4.69, 9.17) is 38.0 Å². The average Bonchev–Trinajstić information content (AvgIpc) is 0.755. The molecule has 50 heteroatoms. The highest BCUT2D eigenvalue weighted by molar-refractivity contribution is 7.92. The van der Waals surface area contributed by atoms with Crippen molar-refractivity contribution in [3.05, 3.63) is 91.0 Å². The van der Waals surface area contributed by atoms with Crippen LogP contribution in [0.5, 0.6) is 5.75 Å². The van der Waals surface area contributed by atoms with Gasteiger partial charge in [-0.1, -0.05) is 0 Å². The SMILES string of the molecule is Nc1ccc2c(O)c(N=Nc3cc(NC(=O)CCCS(=O)(=O)CCCl)c(N=Nc4ccc(S(=O)(=O)CCOS(=O)(=O)O)cc4)cc3S(=O)(=O)O)c(S(=O)(=O)O)cc2c1N=Nc1cc(NC(=O)CCCS(=O)(=O)CCCl)c(N=Nc2ccc(S(=O)(=O)CCOS(=O)(=O)O)cc2)cc1S(=O)(=O)O. The molecule has 0 radical (unpaired) electrons. The maximum atomic E-state index is 13.4. The first-order chi connectivity index (χ1) is 46.2. The van der Waals surface area contributed by atoms with Gasteiger partial charge in [0.15, 0.2) is 45.1 Å². The largest absolute Gasteiger partial charge is 0.505 e. The van der Waals surface area contributed by atoms with Crippen LogP contribution in [0.4, 0.5) is 62.6 Å². The first kappa shape index (κ1) is 81.3. The highest BCUT2D eigenvalue weighted by atomic mass is 35.5. The molecule has 0 spiro atoms. The van der Waals surface area contributed by atoms with Crippen LogP contribution in [0.3, 0.4) is 0 Å². The summed E-state index contributed by atoms with van der Waals surface area (Å²) in [7, 11) is -42.6. The number of azo groups is 4. The van der Waals surface area contributed by atoms with E-state index in [1.807, 2.05) is 0 Å². The quantitative estimate of drug-likeness (QED) is 0.00806. The lowest BCUT2D eigenvalue weighted by Gasteiger charge is -2.13. The van der Waals surface area contributed by atoms with Gasteiger partial charge in [-0.25, -0.2) is 42.0 Å². The van der Waals surface area contributed by atoms with Gasteiger partial charge in [-0.3, -0.25) is 32.4 Å². The topological polar surface area (TPSA) is 630 Å². The van der Waals surface area contributed by atoms with Gasteiger partial charge < -0.3 is 21.5 Å². The first-order valence-electron chi connectivity index (χ1n) is 27.3. The Morgan fingerprint density at radius 1 is 0.420 bits per heavy atom. The third kappa shape index (κ3) is 24.0. The predicted molar refractivity (Wildman–Crippen MR) is 356 cm³/mol. The van der Waals surface area contributed by atoms with Crippen LogP contribution in [0.25, 0.3) is 10.8 Å². The van der Waals surface area contributed by atoms with E-state index in [0.29, 0.717) is 24.3 Å². The number of carbonyl (C=O) groups is 2. The third-order valence-corrected chi connectivity index (χ3v) is 24.1. The van der Waals surface area contributed by atoms with Gasteiger partial charge in [0, 0.05) is 35.4 Å². The van der Waals surface area contributed by atoms with Gasteiger partial charge in [0.25, 0.3) is 30.4 Å². The molecule has 0 aliphatic rings. The number of anilines is 3. The number of fused-ring (bicyclic) bond motifs is 1. The fourth-order valence-electron chi connectivity index (χ4n) is 8.25. The number of halogens is 2. The number of hydrogen-bond acceptors (Lipinski definition) is 32. The van der Waals surface area contributed by atoms with Crippen molar-refractivity contribution < 1.29 is 122 Å². The Balaban J connectivity index is 1.46. The molecular formula is C50H53Cl2N11O28S9. The number of nitrogens with zero attached hydrogens (tertiary/aromatic N) is 8. The number of phenolic OH excluding ortho intramolecular Hbond substituents is 1. The number of carbonyl (C=O) groups excluding carboxylic acids is 2. The van der Waals surface area contributed by atoms with Gasteiger partial charge in [-0.05, 0) is 104 Å². The van der Waals surface area contributed by atoms with Gasteiger partial charge >= 0.3 is 20.8 Å². The van der Waals surface area contributed by atoms with Gasteiger partial charge in [0.05, 0.1) is 86.0 Å². The van der Waals surface area contributed by atoms with Crippen molar-refractivity contribution in [1.82, 2.24) is 0 Å². The van der Waals surface area contributed by atoms with Crippen molar-refractivity contribution in [3.8, 4) is 5.75 Å². The average molecular weight is 1620 g/mol. The zero-order valence-electron chi connectivity index (χ0n) is 50.3. The van der Waals surface area contributed by atoms with E-state index >= 15 is 0 Å². The van der Waals surface area contributed by atoms with Crippen molar-refractivity contribution in [1.29, 1.82) is 0 Å². The number of nitrogens with two attached hydrogens (primary N) is 1. The predicted octanol–water partition coefficient (Wildman–Crippen LogP) is 7.46. The smallest absolute Gasteiger partial charge is 0.397 e. The van der Waals surface area contributed by atoms with Crippen LogP contribution in [-0.2, 0) is 108 Å². The minimum atomic E-state index is -5.67. The van der Waals surface area contributed by atoms with E-state index in [2.05, 4.69) is 59.9 Å². The normalized spacial score (nSPS) is 13.3. The molecule has 0 atom stereocenters. The summed E-state index contributed by atoms with van der Waals surface area (Å²) >= 11 is 11.1. The van der Waals surface area contributed by atoms with Crippen molar-refractivity contribution in [3.63, 3.8) is 0 Å². The summed E-state index contributed by atoms with van der Waals surface area (Å²) in [4.78, 5) is 22.1. The van der Waals surface area contributed by atoms with E-state index in [-0.39, 0.29) is 36.0 Å². The number of amides is 2. The summed E-state index contributed by atoms with van der Waals surface area (Å²) in [6.45, 7) is -1.94. The van der Waals surface area contributed by atoms with Crippen molar-refractivity contribution in [2.75, 3.05) is 75.9 Å². The molecule has 6 aromatic rings. The minimum absolute atomic E-state index is 0.162. The molecule has 6 aromatic carbocycles. The second-order valence-corrected chi connectivity index (χ2v) is 36.1. The molecule has 544 valence electrons. The lowest BCUT2D eigenvalue weighted by molar-refractivity contribution is -0.117. The Hall–Kier alpha value is -7.63.